The van der Waals surface area contributed by atoms with Crippen LogP contribution in [0.3, 0.4) is 0 Å². The predicted octanol–water partition coefficient (Wildman–Crippen LogP) is 3.45. The van der Waals surface area contributed by atoms with Crippen molar-refractivity contribution in [2.45, 2.75) is 25.9 Å². The topological polar surface area (TPSA) is 42.3 Å². The van der Waals surface area contributed by atoms with Crippen LogP contribution < -0.4 is 4.87 Å². The summed E-state index contributed by atoms with van der Waals surface area (Å²) in [6.07, 6.45) is 0.875. The number of carbonyl (C=O) groups is 1. The van der Waals surface area contributed by atoms with Crippen molar-refractivity contribution in [2.75, 3.05) is 6.54 Å². The van der Waals surface area contributed by atoms with Crippen LogP contribution in [-0.4, -0.2) is 21.9 Å². The molecular weight excluding hydrogens is 352 g/mol. The number of carbonyl (C=O) groups excluding carboxylic acids is 1. The van der Waals surface area contributed by atoms with Gasteiger partial charge in [-0.05, 0) is 35.9 Å². The normalized spacial score (nSPS) is 16.7. The summed E-state index contributed by atoms with van der Waals surface area (Å²) in [7, 11) is 0. The Morgan fingerprint density at radius 1 is 1.20 bits per heavy atom. The number of amides is 1. The van der Waals surface area contributed by atoms with Crippen molar-refractivity contribution in [1.82, 2.24) is 9.47 Å². The molecule has 2 aromatic heterocycles. The van der Waals surface area contributed by atoms with Gasteiger partial charge in [0.15, 0.2) is 0 Å². The molecule has 128 valence electrons. The maximum Gasteiger partial charge on any atom is 0.307 e. The third kappa shape index (κ3) is 2.96. The molecule has 1 aliphatic heterocycles. The van der Waals surface area contributed by atoms with Gasteiger partial charge in [-0.3, -0.25) is 14.2 Å². The van der Waals surface area contributed by atoms with E-state index in [4.69, 9.17) is 0 Å². The van der Waals surface area contributed by atoms with E-state index < -0.39 is 0 Å². The number of fused-ring (bicyclic) bond motifs is 1. The molecule has 1 atom stereocenters. The van der Waals surface area contributed by atoms with Gasteiger partial charge in [0.1, 0.15) is 6.54 Å². The van der Waals surface area contributed by atoms with Gasteiger partial charge >= 0.3 is 4.87 Å². The Morgan fingerprint density at radius 2 is 2.00 bits per heavy atom. The minimum absolute atomic E-state index is 0.00527. The smallest absolute Gasteiger partial charge is 0.307 e. The minimum Gasteiger partial charge on any atom is -0.330 e. The molecule has 1 amide bonds. The standard InChI is InChI=1S/C19H18N2O2S2/c1-13-12-25-19(23)21(13)11-17(22)20-9-7-16-15(8-10-24-16)18(20)14-5-3-2-4-6-14/h2-6,8,10,12,18H,7,9,11H2,1H3/t18-/m0/s1. The molecule has 0 fully saturated rings. The second-order valence-corrected chi connectivity index (χ2v) is 8.00. The van der Waals surface area contributed by atoms with Crippen LogP contribution in [-0.2, 0) is 17.8 Å². The summed E-state index contributed by atoms with van der Waals surface area (Å²) in [5, 5.41) is 3.90. The zero-order valence-corrected chi connectivity index (χ0v) is 15.5. The first kappa shape index (κ1) is 16.3. The van der Waals surface area contributed by atoms with E-state index in [9.17, 15) is 9.59 Å². The lowest BCUT2D eigenvalue weighted by molar-refractivity contribution is -0.134. The van der Waals surface area contributed by atoms with E-state index >= 15 is 0 Å². The van der Waals surface area contributed by atoms with Crippen molar-refractivity contribution in [1.29, 1.82) is 0 Å². The van der Waals surface area contributed by atoms with Gasteiger partial charge in [0.25, 0.3) is 0 Å². The van der Waals surface area contributed by atoms with Gasteiger partial charge in [0.2, 0.25) is 5.91 Å². The zero-order valence-electron chi connectivity index (χ0n) is 13.8. The lowest BCUT2D eigenvalue weighted by atomic mass is 9.93. The summed E-state index contributed by atoms with van der Waals surface area (Å²) in [5.41, 5.74) is 3.17. The number of rotatable bonds is 3. The average molecular weight is 370 g/mol. The molecule has 0 saturated carbocycles. The number of aryl methyl sites for hydroxylation is 1. The lowest BCUT2D eigenvalue weighted by Gasteiger charge is -2.36. The molecule has 3 heterocycles. The molecule has 25 heavy (non-hydrogen) atoms. The van der Waals surface area contributed by atoms with Gasteiger partial charge in [-0.2, -0.15) is 0 Å². The molecule has 1 aliphatic rings. The number of hydrogen-bond acceptors (Lipinski definition) is 4. The van der Waals surface area contributed by atoms with Crippen LogP contribution >= 0.6 is 22.7 Å². The Labute approximate surface area is 154 Å². The van der Waals surface area contributed by atoms with Gasteiger partial charge in [-0.1, -0.05) is 41.7 Å². The van der Waals surface area contributed by atoms with E-state index in [1.165, 1.54) is 10.4 Å². The Kier molecular flexibility index (Phi) is 4.31. The molecule has 4 rings (SSSR count). The quantitative estimate of drug-likeness (QED) is 0.709. The highest BCUT2D eigenvalue weighted by Crippen LogP contribution is 2.37. The second-order valence-electron chi connectivity index (χ2n) is 6.18. The van der Waals surface area contributed by atoms with Gasteiger partial charge in [0, 0.05) is 22.5 Å². The molecule has 0 spiro atoms. The van der Waals surface area contributed by atoms with Crippen molar-refractivity contribution in [3.05, 3.63) is 78.5 Å². The third-order valence-corrected chi connectivity index (χ3v) is 6.55. The molecule has 0 saturated heterocycles. The van der Waals surface area contributed by atoms with E-state index in [1.807, 2.05) is 30.0 Å². The molecule has 6 heteroatoms. The van der Waals surface area contributed by atoms with Crippen molar-refractivity contribution in [3.63, 3.8) is 0 Å². The fraction of sp³-hybridized carbons (Fsp3) is 0.263. The highest BCUT2D eigenvalue weighted by Gasteiger charge is 2.32. The van der Waals surface area contributed by atoms with Crippen LogP contribution in [0.1, 0.15) is 27.7 Å². The largest absolute Gasteiger partial charge is 0.330 e. The summed E-state index contributed by atoms with van der Waals surface area (Å²) in [4.78, 5) is 28.2. The predicted molar refractivity (Wildman–Crippen MR) is 101 cm³/mol. The SMILES string of the molecule is Cc1csc(=O)n1CC(=O)N1CCc2sccc2[C@@H]1c1ccccc1. The molecule has 0 N–H and O–H groups in total. The fourth-order valence-electron chi connectivity index (χ4n) is 3.40. The number of thiophene rings is 1. The van der Waals surface area contributed by atoms with Gasteiger partial charge in [-0.15, -0.1) is 11.3 Å². The summed E-state index contributed by atoms with van der Waals surface area (Å²) >= 11 is 2.90. The first-order valence-corrected chi connectivity index (χ1v) is 9.96. The number of aromatic nitrogens is 1. The summed E-state index contributed by atoms with van der Waals surface area (Å²) in [6.45, 7) is 2.66. The first-order chi connectivity index (χ1) is 12.1. The monoisotopic (exact) mass is 370 g/mol. The van der Waals surface area contributed by atoms with Crippen molar-refractivity contribution in [3.8, 4) is 0 Å². The van der Waals surface area contributed by atoms with E-state index in [0.717, 1.165) is 29.0 Å². The number of benzene rings is 1. The Balaban J connectivity index is 1.70. The van der Waals surface area contributed by atoms with E-state index in [1.54, 1.807) is 21.3 Å². The molecule has 0 radical (unpaired) electrons. The van der Waals surface area contributed by atoms with Gasteiger partial charge < -0.3 is 4.90 Å². The maximum absolute atomic E-state index is 13.1. The Morgan fingerprint density at radius 3 is 2.72 bits per heavy atom. The Hall–Kier alpha value is -2.18. The van der Waals surface area contributed by atoms with Crippen molar-refractivity contribution >= 4 is 28.6 Å². The maximum atomic E-state index is 13.1. The van der Waals surface area contributed by atoms with Crippen molar-refractivity contribution < 1.29 is 4.79 Å². The van der Waals surface area contributed by atoms with Crippen molar-refractivity contribution in [2.24, 2.45) is 0 Å². The van der Waals surface area contributed by atoms with Crippen LogP contribution in [0.25, 0.3) is 0 Å². The molecule has 0 unspecified atom stereocenters. The Bertz CT molecular complexity index is 955. The highest BCUT2D eigenvalue weighted by molar-refractivity contribution is 7.10. The third-order valence-electron chi connectivity index (χ3n) is 4.67. The summed E-state index contributed by atoms with van der Waals surface area (Å²) in [5.74, 6) is -0.00527. The lowest BCUT2D eigenvalue weighted by Crippen LogP contribution is -2.42. The molecule has 0 aliphatic carbocycles. The average Bonchev–Trinajstić information content (AvgIpc) is 3.23. The van der Waals surface area contributed by atoms with E-state index in [-0.39, 0.29) is 23.4 Å². The first-order valence-electron chi connectivity index (χ1n) is 8.21. The molecule has 4 nitrogen and oxygen atoms in total. The minimum atomic E-state index is -0.0738. The van der Waals surface area contributed by atoms with Gasteiger partial charge in [0.05, 0.1) is 6.04 Å². The molecule has 3 aromatic rings. The molecule has 0 bridgehead atoms. The van der Waals surface area contributed by atoms with Crippen LogP contribution in [0.5, 0.6) is 0 Å². The summed E-state index contributed by atoms with van der Waals surface area (Å²) < 4.78 is 1.57. The molecule has 1 aromatic carbocycles. The highest BCUT2D eigenvalue weighted by atomic mass is 32.1. The zero-order chi connectivity index (χ0) is 17.4. The van der Waals surface area contributed by atoms with E-state index in [0.29, 0.717) is 6.54 Å². The molecular formula is C19H18N2O2S2. The summed E-state index contributed by atoms with van der Waals surface area (Å²) in [6, 6.07) is 12.2. The number of hydrogen-bond donors (Lipinski definition) is 0. The van der Waals surface area contributed by atoms with Crippen LogP contribution in [0.15, 0.2) is 52.0 Å². The fourth-order valence-corrected chi connectivity index (χ4v) is 5.04. The van der Waals surface area contributed by atoms with Crippen LogP contribution in [0.4, 0.5) is 0 Å². The number of thiazole rings is 1. The number of nitrogens with zero attached hydrogens (tertiary/aromatic N) is 2. The van der Waals surface area contributed by atoms with Gasteiger partial charge in [-0.25, -0.2) is 0 Å². The second kappa shape index (κ2) is 6.61. The van der Waals surface area contributed by atoms with Crippen LogP contribution in [0, 0.1) is 6.92 Å². The van der Waals surface area contributed by atoms with Crippen LogP contribution in [0.2, 0.25) is 0 Å². The van der Waals surface area contributed by atoms with E-state index in [2.05, 4.69) is 23.6 Å².